The Labute approximate surface area is 249 Å². The number of carboxylic acids is 2. The molecule has 0 aromatic carbocycles. The third-order valence-electron chi connectivity index (χ3n) is 6.05. The van der Waals surface area contributed by atoms with Crippen LogP contribution in [0.5, 0.6) is 0 Å². The molecule has 280 valence electrons. The van der Waals surface area contributed by atoms with Crippen molar-refractivity contribution in [1.29, 1.82) is 0 Å². The highest BCUT2D eigenvalue weighted by atomic mass is 32.2. The molecular formula is C19H19F19N2O6S. The molecular weight excluding hydrogens is 745 g/mol. The molecule has 0 heterocycles. The van der Waals surface area contributed by atoms with Crippen LogP contribution in [0.4, 0.5) is 83.4 Å². The molecule has 0 aliphatic carbocycles. The van der Waals surface area contributed by atoms with Crippen LogP contribution in [-0.2, 0) is 19.6 Å². The van der Waals surface area contributed by atoms with Gasteiger partial charge in [-0.1, -0.05) is 0 Å². The number of rotatable bonds is 18. The van der Waals surface area contributed by atoms with Crippen molar-refractivity contribution in [3.63, 3.8) is 0 Å². The van der Waals surface area contributed by atoms with Gasteiger partial charge in [-0.3, -0.25) is 4.79 Å². The Morgan fingerprint density at radius 1 is 0.638 bits per heavy atom. The minimum atomic E-state index is -9.25. The number of carbonyl (C=O) groups excluding carboxylic acids is 1. The number of carbonyl (C=O) groups is 2. The number of alkyl halides is 19. The van der Waals surface area contributed by atoms with Gasteiger partial charge in [0, 0.05) is 19.5 Å². The Balaban J connectivity index is 7.10. The van der Waals surface area contributed by atoms with Crippen molar-refractivity contribution in [2.24, 2.45) is 0 Å². The number of halogens is 19. The van der Waals surface area contributed by atoms with E-state index < -0.39 is 123 Å². The summed E-state index contributed by atoms with van der Waals surface area (Å²) in [5.74, 6) is -66.8. The quantitative estimate of drug-likeness (QED) is 0.167. The average molecular weight is 764 g/mol. The van der Waals surface area contributed by atoms with Gasteiger partial charge in [0.05, 0.1) is 33.0 Å². The smallest absolute Gasteiger partial charge is 0.460 e. The van der Waals surface area contributed by atoms with Gasteiger partial charge in [-0.05, 0) is 0 Å². The van der Waals surface area contributed by atoms with E-state index >= 15 is 0 Å². The second-order valence-corrected chi connectivity index (χ2v) is 12.1. The molecule has 1 N–H and O–H groups in total. The Morgan fingerprint density at radius 2 is 0.979 bits per heavy atom. The molecule has 0 aliphatic heterocycles. The first-order valence-corrected chi connectivity index (χ1v) is 13.0. The zero-order valence-corrected chi connectivity index (χ0v) is 23.5. The van der Waals surface area contributed by atoms with Crippen molar-refractivity contribution in [3.8, 4) is 0 Å². The molecule has 0 fully saturated rings. The number of hydrogen-bond acceptors (Lipinski definition) is 5. The van der Waals surface area contributed by atoms with E-state index in [1.807, 2.05) is 0 Å². The van der Waals surface area contributed by atoms with Crippen LogP contribution in [0.1, 0.15) is 12.8 Å². The first-order chi connectivity index (χ1) is 20.2. The van der Waals surface area contributed by atoms with Crippen LogP contribution in [0.2, 0.25) is 0 Å². The first kappa shape index (κ1) is 44.5. The number of hydrogen-bond donors (Lipinski definition) is 1. The fraction of sp³-hybridized carbons (Fsp3) is 0.895. The van der Waals surface area contributed by atoms with Crippen molar-refractivity contribution in [2.45, 2.75) is 65.7 Å². The molecule has 0 saturated carbocycles. The van der Waals surface area contributed by atoms with E-state index in [1.54, 1.807) is 0 Å². The SMILES string of the molecule is C[N+](C)(CCCN(CCC(=O)O)S(=O)(=O)C(F)(F)C(F)(F)C(F)(F)C(F)(F)C(F)(F)C(F)(F)C(F)(F)C(F)(F)C(F)(F)F)CC(=O)[O-]. The van der Waals surface area contributed by atoms with Gasteiger partial charge in [-0.2, -0.15) is 87.7 Å². The Kier molecular flexibility index (Phi) is 12.1. The molecule has 0 aromatic rings. The number of sulfonamides is 1. The third kappa shape index (κ3) is 7.26. The van der Waals surface area contributed by atoms with E-state index in [0.29, 0.717) is 0 Å². The predicted octanol–water partition coefficient (Wildman–Crippen LogP) is 3.91. The minimum absolute atomic E-state index is 0.693. The van der Waals surface area contributed by atoms with Gasteiger partial charge < -0.3 is 19.5 Å². The van der Waals surface area contributed by atoms with Gasteiger partial charge in [-0.15, -0.1) is 0 Å². The highest BCUT2D eigenvalue weighted by molar-refractivity contribution is 7.90. The lowest BCUT2D eigenvalue weighted by atomic mass is 9.89. The standard InChI is InChI=1S/C19H19F19N2O6S/c1-40(2,8-10(43)44)7-3-5-39(6-4-9(41)42)47(45,46)19(37,38)17(32,33)15(28,29)13(24,25)11(20,21)12(22,23)14(26,27)16(30,31)18(34,35)36/h3-8H2,1-2H3,(H-,41,42,43,44). The van der Waals surface area contributed by atoms with E-state index in [0.717, 1.165) is 14.1 Å². The molecule has 0 rings (SSSR count). The summed E-state index contributed by atoms with van der Waals surface area (Å²) in [5, 5.41) is 11.4. The van der Waals surface area contributed by atoms with E-state index in [2.05, 4.69) is 0 Å². The molecule has 8 nitrogen and oxygen atoms in total. The maximum absolute atomic E-state index is 14.6. The number of quaternary nitrogens is 1. The molecule has 0 atom stereocenters. The summed E-state index contributed by atoms with van der Waals surface area (Å²) in [7, 11) is -5.77. The maximum Gasteiger partial charge on any atom is 0.460 e. The summed E-state index contributed by atoms with van der Waals surface area (Å²) in [4.78, 5) is 21.5. The Hall–Kier alpha value is -2.52. The summed E-state index contributed by atoms with van der Waals surface area (Å²) in [5.41, 5.74) is 0. The second-order valence-electron chi connectivity index (χ2n) is 10.1. The maximum atomic E-state index is 14.6. The molecule has 28 heteroatoms. The van der Waals surface area contributed by atoms with Crippen LogP contribution < -0.4 is 5.11 Å². The first-order valence-electron chi connectivity index (χ1n) is 11.5. The molecule has 0 aliphatic rings. The molecule has 0 saturated heterocycles. The van der Waals surface area contributed by atoms with Crippen LogP contribution in [0.3, 0.4) is 0 Å². The van der Waals surface area contributed by atoms with Crippen LogP contribution in [0, 0.1) is 0 Å². The molecule has 0 bridgehead atoms. The summed E-state index contributed by atoms with van der Waals surface area (Å²) >= 11 is 0. The zero-order chi connectivity index (χ0) is 38.5. The molecule has 0 amide bonds. The van der Waals surface area contributed by atoms with Crippen molar-refractivity contribution >= 4 is 22.0 Å². The van der Waals surface area contributed by atoms with Gasteiger partial charge in [-0.25, -0.2) is 8.42 Å². The average Bonchev–Trinajstić information content (AvgIpc) is 2.83. The lowest BCUT2D eigenvalue weighted by Gasteiger charge is -2.44. The molecule has 0 radical (unpaired) electrons. The summed E-state index contributed by atoms with van der Waals surface area (Å²) in [6.45, 7) is -5.29. The Morgan fingerprint density at radius 3 is 1.30 bits per heavy atom. The largest absolute Gasteiger partial charge is 0.544 e. The zero-order valence-electron chi connectivity index (χ0n) is 22.7. The van der Waals surface area contributed by atoms with Gasteiger partial charge >= 0.3 is 58.9 Å². The molecule has 0 spiro atoms. The monoisotopic (exact) mass is 764 g/mol. The number of aliphatic carboxylic acids is 2. The van der Waals surface area contributed by atoms with Crippen LogP contribution in [0.25, 0.3) is 0 Å². The van der Waals surface area contributed by atoms with E-state index in [1.165, 1.54) is 0 Å². The van der Waals surface area contributed by atoms with E-state index in [4.69, 9.17) is 5.11 Å². The van der Waals surface area contributed by atoms with Crippen molar-refractivity contribution < 1.29 is 116 Å². The fourth-order valence-electron chi connectivity index (χ4n) is 3.35. The number of carboxylic acid groups (broad SMARTS) is 2. The van der Waals surface area contributed by atoms with Gasteiger partial charge in [0.25, 0.3) is 10.0 Å². The van der Waals surface area contributed by atoms with E-state index in [-0.39, 0.29) is 0 Å². The lowest BCUT2D eigenvalue weighted by molar-refractivity contribution is -0.884. The molecule has 47 heavy (non-hydrogen) atoms. The normalized spacial score (nSPS) is 15.7. The van der Waals surface area contributed by atoms with Gasteiger partial charge in [0.15, 0.2) is 0 Å². The molecule has 0 unspecified atom stereocenters. The summed E-state index contributed by atoms with van der Waals surface area (Å²) < 4.78 is 281. The van der Waals surface area contributed by atoms with E-state index in [9.17, 15) is 107 Å². The van der Waals surface area contributed by atoms with Crippen molar-refractivity contribution in [3.05, 3.63) is 0 Å². The van der Waals surface area contributed by atoms with Crippen molar-refractivity contribution in [1.82, 2.24) is 4.31 Å². The lowest BCUT2D eigenvalue weighted by Crippen LogP contribution is -2.76. The highest BCUT2D eigenvalue weighted by Gasteiger charge is 2.97. The topological polar surface area (TPSA) is 115 Å². The van der Waals surface area contributed by atoms with Crippen LogP contribution in [-0.4, -0.2) is 127 Å². The summed E-state index contributed by atoms with van der Waals surface area (Å²) in [6, 6.07) is 0. The Bertz CT molecular complexity index is 1270. The van der Waals surface area contributed by atoms with Gasteiger partial charge in [0.2, 0.25) is 0 Å². The second kappa shape index (κ2) is 12.7. The highest BCUT2D eigenvalue weighted by Crippen LogP contribution is 2.65. The third-order valence-corrected chi connectivity index (χ3v) is 8.00. The minimum Gasteiger partial charge on any atom is -0.544 e. The summed E-state index contributed by atoms with van der Waals surface area (Å²) in [6.07, 6.45) is -10.8. The number of nitrogens with zero attached hydrogens (tertiary/aromatic N) is 2. The van der Waals surface area contributed by atoms with Crippen LogP contribution >= 0.6 is 0 Å². The predicted molar refractivity (Wildman–Crippen MR) is 110 cm³/mol. The molecule has 0 aromatic heterocycles. The van der Waals surface area contributed by atoms with Crippen LogP contribution in [0.15, 0.2) is 0 Å². The van der Waals surface area contributed by atoms with Gasteiger partial charge in [0.1, 0.15) is 6.54 Å². The van der Waals surface area contributed by atoms with Crippen molar-refractivity contribution in [2.75, 3.05) is 40.3 Å². The number of likely N-dealkylation sites (N-methyl/N-ethyl adjacent to an activating group) is 1. The fourth-order valence-corrected chi connectivity index (χ4v) is 4.82.